The van der Waals surface area contributed by atoms with E-state index in [2.05, 4.69) is 20.3 Å². The van der Waals surface area contributed by atoms with Gasteiger partial charge in [0.25, 0.3) is 0 Å². The van der Waals surface area contributed by atoms with Crippen LogP contribution in [0.1, 0.15) is 30.3 Å². The quantitative estimate of drug-likeness (QED) is 0.726. The van der Waals surface area contributed by atoms with E-state index < -0.39 is 6.10 Å². The number of H-pyrrole nitrogens is 1. The fourth-order valence-corrected chi connectivity index (χ4v) is 2.95. The summed E-state index contributed by atoms with van der Waals surface area (Å²) in [6, 6.07) is -0.198. The van der Waals surface area contributed by atoms with Crippen molar-refractivity contribution in [1.29, 1.82) is 0 Å². The molecule has 120 valence electrons. The number of rotatable bonds is 5. The summed E-state index contributed by atoms with van der Waals surface area (Å²) >= 11 is 0. The molecule has 2 heterocycles. The monoisotopic (exact) mass is 306 g/mol. The fourth-order valence-electron chi connectivity index (χ4n) is 2.95. The molecule has 4 N–H and O–H groups in total. The lowest BCUT2D eigenvalue weighted by molar-refractivity contribution is 0.163. The second-order valence-electron chi connectivity index (χ2n) is 5.82. The Morgan fingerprint density at radius 2 is 2.32 bits per heavy atom. The molecule has 1 aliphatic rings. The highest BCUT2D eigenvalue weighted by Gasteiger charge is 2.34. The van der Waals surface area contributed by atoms with Crippen molar-refractivity contribution in [3.05, 3.63) is 17.7 Å². The van der Waals surface area contributed by atoms with Gasteiger partial charge in [0.1, 0.15) is 5.82 Å². The lowest BCUT2D eigenvalue weighted by Gasteiger charge is -2.10. The average Bonchev–Trinajstić information content (AvgIpc) is 3.17. The second-order valence-corrected chi connectivity index (χ2v) is 5.82. The minimum absolute atomic E-state index is 0.121. The van der Waals surface area contributed by atoms with Gasteiger partial charge in [0.15, 0.2) is 5.82 Å². The van der Waals surface area contributed by atoms with Crippen molar-refractivity contribution in [2.75, 3.05) is 13.7 Å². The molecule has 0 radical (unpaired) electrons. The Balaban J connectivity index is 1.93. The number of nitrogens with one attached hydrogen (secondary N) is 1. The molecule has 1 saturated carbocycles. The number of aryl methyl sites for hydroxylation is 1. The molecule has 2 aromatic rings. The van der Waals surface area contributed by atoms with Gasteiger partial charge < -0.3 is 15.6 Å². The summed E-state index contributed by atoms with van der Waals surface area (Å²) in [6.45, 7) is 3.12. The molecular formula is C14H22N6O2. The fraction of sp³-hybridized carbons (Fsp3) is 0.643. The van der Waals surface area contributed by atoms with E-state index in [4.69, 9.17) is 10.5 Å². The van der Waals surface area contributed by atoms with E-state index >= 15 is 0 Å². The Kier molecular flexibility index (Phi) is 4.23. The third kappa shape index (κ3) is 2.77. The van der Waals surface area contributed by atoms with Gasteiger partial charge in [0.2, 0.25) is 0 Å². The second kappa shape index (κ2) is 6.15. The summed E-state index contributed by atoms with van der Waals surface area (Å²) < 4.78 is 7.01. The van der Waals surface area contributed by atoms with Gasteiger partial charge in [0.05, 0.1) is 31.0 Å². The molecule has 0 unspecified atom stereocenters. The first kappa shape index (κ1) is 15.1. The minimum Gasteiger partial charge on any atom is -0.391 e. The standard InChI is InChI=1S/C14H22N6O2/c1-8-10(7-16-18-8)13-17-14(20(19-13)3-4-22-2)9-5-11(15)12(21)6-9/h7,9,11-12,21H,3-6,15H2,1-2H3,(H,16,18)/t9-,11-,12-/m0/s1. The smallest absolute Gasteiger partial charge is 0.184 e. The van der Waals surface area contributed by atoms with Gasteiger partial charge in [-0.25, -0.2) is 9.67 Å². The van der Waals surface area contributed by atoms with Crippen LogP contribution in [0.3, 0.4) is 0 Å². The van der Waals surface area contributed by atoms with Crippen LogP contribution >= 0.6 is 0 Å². The number of aliphatic hydroxyl groups is 1. The molecular weight excluding hydrogens is 284 g/mol. The van der Waals surface area contributed by atoms with Gasteiger partial charge in [-0.2, -0.15) is 10.2 Å². The van der Waals surface area contributed by atoms with Crippen LogP contribution in [-0.4, -0.2) is 55.9 Å². The van der Waals surface area contributed by atoms with Gasteiger partial charge in [-0.15, -0.1) is 0 Å². The lowest BCUT2D eigenvalue weighted by Crippen LogP contribution is -2.28. The summed E-state index contributed by atoms with van der Waals surface area (Å²) in [5.41, 5.74) is 7.75. The van der Waals surface area contributed by atoms with Gasteiger partial charge in [-0.3, -0.25) is 5.10 Å². The number of methoxy groups -OCH3 is 1. The predicted octanol–water partition coefficient (Wildman–Crippen LogP) is 0.189. The molecule has 0 saturated heterocycles. The maximum atomic E-state index is 9.91. The molecule has 8 nitrogen and oxygen atoms in total. The molecule has 3 atom stereocenters. The van der Waals surface area contributed by atoms with E-state index in [1.807, 2.05) is 11.6 Å². The van der Waals surface area contributed by atoms with Crippen molar-refractivity contribution < 1.29 is 9.84 Å². The van der Waals surface area contributed by atoms with E-state index in [-0.39, 0.29) is 12.0 Å². The molecule has 3 rings (SSSR count). The summed E-state index contributed by atoms with van der Waals surface area (Å²) in [5, 5.41) is 21.4. The van der Waals surface area contributed by atoms with Crippen molar-refractivity contribution in [3.8, 4) is 11.4 Å². The first-order valence-electron chi connectivity index (χ1n) is 7.47. The molecule has 0 aromatic carbocycles. The van der Waals surface area contributed by atoms with Gasteiger partial charge >= 0.3 is 0 Å². The number of ether oxygens (including phenoxy) is 1. The van der Waals surface area contributed by atoms with Crippen LogP contribution in [0.15, 0.2) is 6.20 Å². The molecule has 0 bridgehead atoms. The van der Waals surface area contributed by atoms with Crippen LogP contribution in [0, 0.1) is 6.92 Å². The first-order chi connectivity index (χ1) is 10.6. The SMILES string of the molecule is COCCn1nc(-c2cn[nH]c2C)nc1[C@H]1C[C@H](N)[C@@H](O)C1. The Labute approximate surface area is 128 Å². The normalized spacial score (nSPS) is 25.0. The van der Waals surface area contributed by atoms with Gasteiger partial charge in [-0.05, 0) is 19.8 Å². The van der Waals surface area contributed by atoms with Crippen molar-refractivity contribution in [1.82, 2.24) is 25.0 Å². The average molecular weight is 306 g/mol. The summed E-state index contributed by atoms with van der Waals surface area (Å²) in [7, 11) is 1.66. The third-order valence-electron chi connectivity index (χ3n) is 4.22. The number of hydrogen-bond acceptors (Lipinski definition) is 6. The summed E-state index contributed by atoms with van der Waals surface area (Å²) in [5.74, 6) is 1.63. The Bertz CT molecular complexity index is 627. The number of aliphatic hydroxyl groups excluding tert-OH is 1. The first-order valence-corrected chi connectivity index (χ1v) is 7.47. The molecule has 1 aliphatic carbocycles. The highest BCUT2D eigenvalue weighted by atomic mass is 16.5. The topological polar surface area (TPSA) is 115 Å². The van der Waals surface area contributed by atoms with Crippen molar-refractivity contribution >= 4 is 0 Å². The Morgan fingerprint density at radius 1 is 1.50 bits per heavy atom. The van der Waals surface area contributed by atoms with E-state index in [9.17, 15) is 5.11 Å². The van der Waals surface area contributed by atoms with Gasteiger partial charge in [-0.1, -0.05) is 0 Å². The molecule has 0 spiro atoms. The number of aromatic amines is 1. The number of nitrogens with zero attached hydrogens (tertiary/aromatic N) is 4. The maximum absolute atomic E-state index is 9.91. The highest BCUT2D eigenvalue weighted by Crippen LogP contribution is 2.34. The molecule has 2 aromatic heterocycles. The van der Waals surface area contributed by atoms with E-state index in [1.165, 1.54) is 0 Å². The number of hydrogen-bond donors (Lipinski definition) is 3. The lowest BCUT2D eigenvalue weighted by atomic mass is 10.1. The molecule has 1 fully saturated rings. The summed E-state index contributed by atoms with van der Waals surface area (Å²) in [4.78, 5) is 4.69. The van der Waals surface area contributed by atoms with Crippen LogP contribution in [0.25, 0.3) is 11.4 Å². The van der Waals surface area contributed by atoms with Crippen molar-refractivity contribution in [2.24, 2.45) is 5.73 Å². The highest BCUT2D eigenvalue weighted by molar-refractivity contribution is 5.56. The zero-order chi connectivity index (χ0) is 15.7. The minimum atomic E-state index is -0.475. The van der Waals surface area contributed by atoms with Gasteiger partial charge in [0, 0.05) is 24.8 Å². The van der Waals surface area contributed by atoms with E-state index in [0.717, 1.165) is 23.5 Å². The zero-order valence-corrected chi connectivity index (χ0v) is 12.9. The Morgan fingerprint density at radius 3 is 2.91 bits per heavy atom. The molecule has 22 heavy (non-hydrogen) atoms. The summed E-state index contributed by atoms with van der Waals surface area (Å²) in [6.07, 6.45) is 2.59. The maximum Gasteiger partial charge on any atom is 0.184 e. The van der Waals surface area contributed by atoms with Crippen LogP contribution in [-0.2, 0) is 11.3 Å². The van der Waals surface area contributed by atoms with Crippen LogP contribution in [0.2, 0.25) is 0 Å². The van der Waals surface area contributed by atoms with E-state index in [0.29, 0.717) is 25.4 Å². The number of nitrogens with two attached hydrogens (primary N) is 1. The largest absolute Gasteiger partial charge is 0.391 e. The molecule has 0 aliphatic heterocycles. The molecule has 8 heteroatoms. The van der Waals surface area contributed by atoms with Crippen molar-refractivity contribution in [2.45, 2.75) is 44.4 Å². The van der Waals surface area contributed by atoms with Crippen LogP contribution < -0.4 is 5.73 Å². The molecule has 0 amide bonds. The van der Waals surface area contributed by atoms with Crippen LogP contribution in [0.5, 0.6) is 0 Å². The zero-order valence-electron chi connectivity index (χ0n) is 12.9. The van der Waals surface area contributed by atoms with Crippen LogP contribution in [0.4, 0.5) is 0 Å². The van der Waals surface area contributed by atoms with E-state index in [1.54, 1.807) is 13.3 Å². The number of aromatic nitrogens is 5. The third-order valence-corrected chi connectivity index (χ3v) is 4.22. The van der Waals surface area contributed by atoms with Crippen molar-refractivity contribution in [3.63, 3.8) is 0 Å². The predicted molar refractivity (Wildman–Crippen MR) is 80.2 cm³/mol. The Hall–Kier alpha value is -1.77.